The molecule has 4 N–H and O–H groups in total. The van der Waals surface area contributed by atoms with Gasteiger partial charge in [-0.2, -0.15) is 0 Å². The first-order chi connectivity index (χ1) is 14.6. The van der Waals surface area contributed by atoms with Crippen molar-refractivity contribution in [3.63, 3.8) is 0 Å². The first-order valence-electron chi connectivity index (χ1n) is 9.20. The van der Waals surface area contributed by atoms with Crippen molar-refractivity contribution < 1.29 is 14.0 Å². The van der Waals surface area contributed by atoms with Crippen LogP contribution in [0, 0.1) is 0 Å². The van der Waals surface area contributed by atoms with E-state index in [0.717, 1.165) is 32.9 Å². The van der Waals surface area contributed by atoms with E-state index in [1.54, 1.807) is 18.5 Å². The second-order valence-electron chi connectivity index (χ2n) is 6.85. The number of benzene rings is 2. The number of thiazole rings is 1. The third kappa shape index (κ3) is 3.23. The summed E-state index contributed by atoms with van der Waals surface area (Å²) in [6.07, 6.45) is 3.46. The molecule has 8 heteroatoms. The minimum absolute atomic E-state index is 0.173. The molecule has 0 atom stereocenters. The first kappa shape index (κ1) is 18.1. The standard InChI is InChI=1S/C22H16N4O3S/c23-21(28)16-7-13(9-24-16)17-11-30-22(25-17)26-19(27)8-14-10-29-18-6-5-12-3-1-2-4-15(12)20(14)18/h1-7,9-11,24H,8H2,(H2,23,28)(H,25,26,27). The van der Waals surface area contributed by atoms with Gasteiger partial charge >= 0.3 is 0 Å². The highest BCUT2D eigenvalue weighted by molar-refractivity contribution is 7.14. The van der Waals surface area contributed by atoms with Crippen LogP contribution >= 0.6 is 11.3 Å². The Morgan fingerprint density at radius 3 is 2.90 bits per heavy atom. The third-order valence-corrected chi connectivity index (χ3v) is 5.64. The molecule has 148 valence electrons. The number of nitrogens with two attached hydrogens (primary N) is 1. The summed E-state index contributed by atoms with van der Waals surface area (Å²) in [5.41, 5.74) is 8.53. The van der Waals surface area contributed by atoms with E-state index >= 15 is 0 Å². The molecule has 3 heterocycles. The molecule has 0 radical (unpaired) electrons. The Labute approximate surface area is 174 Å². The number of anilines is 1. The quantitative estimate of drug-likeness (QED) is 0.396. The number of carbonyl (C=O) groups is 2. The molecule has 0 saturated heterocycles. The maximum absolute atomic E-state index is 12.6. The van der Waals surface area contributed by atoms with E-state index in [4.69, 9.17) is 10.2 Å². The molecule has 3 aromatic heterocycles. The Morgan fingerprint density at radius 1 is 1.20 bits per heavy atom. The highest BCUT2D eigenvalue weighted by atomic mass is 32.1. The number of aromatic amines is 1. The van der Waals surface area contributed by atoms with Crippen LogP contribution in [0.3, 0.4) is 0 Å². The minimum atomic E-state index is -0.537. The molecule has 7 nitrogen and oxygen atoms in total. The van der Waals surface area contributed by atoms with Gasteiger partial charge in [0.1, 0.15) is 11.3 Å². The number of hydrogen-bond donors (Lipinski definition) is 3. The van der Waals surface area contributed by atoms with Crippen molar-refractivity contribution in [1.82, 2.24) is 9.97 Å². The van der Waals surface area contributed by atoms with Crippen molar-refractivity contribution in [2.45, 2.75) is 6.42 Å². The average molecular weight is 416 g/mol. The van der Waals surface area contributed by atoms with Crippen molar-refractivity contribution in [1.29, 1.82) is 0 Å². The summed E-state index contributed by atoms with van der Waals surface area (Å²) in [7, 11) is 0. The smallest absolute Gasteiger partial charge is 0.265 e. The van der Waals surface area contributed by atoms with Gasteiger partial charge in [0.05, 0.1) is 18.4 Å². The predicted molar refractivity (Wildman–Crippen MR) is 116 cm³/mol. The Kier molecular flexibility index (Phi) is 4.33. The number of fused-ring (bicyclic) bond motifs is 3. The number of carbonyl (C=O) groups excluding carboxylic acids is 2. The fourth-order valence-electron chi connectivity index (χ4n) is 3.49. The van der Waals surface area contributed by atoms with Gasteiger partial charge in [0.2, 0.25) is 5.91 Å². The number of aromatic nitrogens is 2. The van der Waals surface area contributed by atoms with Gasteiger partial charge in [-0.1, -0.05) is 30.3 Å². The van der Waals surface area contributed by atoms with Crippen LogP contribution in [0.4, 0.5) is 5.13 Å². The highest BCUT2D eigenvalue weighted by Crippen LogP contribution is 2.30. The van der Waals surface area contributed by atoms with Gasteiger partial charge in [-0.15, -0.1) is 11.3 Å². The molecule has 5 aromatic rings. The van der Waals surface area contributed by atoms with Crippen LogP contribution in [0.2, 0.25) is 0 Å². The summed E-state index contributed by atoms with van der Waals surface area (Å²) in [6, 6.07) is 13.6. The van der Waals surface area contributed by atoms with E-state index in [1.807, 2.05) is 41.8 Å². The fraction of sp³-hybridized carbons (Fsp3) is 0.0455. The summed E-state index contributed by atoms with van der Waals surface area (Å²) >= 11 is 1.31. The van der Waals surface area contributed by atoms with E-state index in [1.165, 1.54) is 11.3 Å². The zero-order chi connectivity index (χ0) is 20.7. The molecule has 0 aliphatic rings. The summed E-state index contributed by atoms with van der Waals surface area (Å²) in [6.45, 7) is 0. The largest absolute Gasteiger partial charge is 0.464 e. The van der Waals surface area contributed by atoms with Crippen LogP contribution in [0.25, 0.3) is 33.0 Å². The molecular weight excluding hydrogens is 400 g/mol. The van der Waals surface area contributed by atoms with E-state index in [9.17, 15) is 9.59 Å². The Hall–Kier alpha value is -3.91. The van der Waals surface area contributed by atoms with Crippen molar-refractivity contribution in [2.75, 3.05) is 5.32 Å². The van der Waals surface area contributed by atoms with E-state index in [2.05, 4.69) is 15.3 Å². The number of rotatable bonds is 5. The van der Waals surface area contributed by atoms with E-state index < -0.39 is 5.91 Å². The van der Waals surface area contributed by atoms with Gasteiger partial charge in [-0.25, -0.2) is 4.98 Å². The zero-order valence-electron chi connectivity index (χ0n) is 15.6. The van der Waals surface area contributed by atoms with Gasteiger partial charge in [-0.3, -0.25) is 9.59 Å². The van der Waals surface area contributed by atoms with Crippen molar-refractivity contribution in [3.05, 3.63) is 71.6 Å². The maximum Gasteiger partial charge on any atom is 0.265 e. The Balaban J connectivity index is 1.36. The molecule has 2 amide bonds. The van der Waals surface area contributed by atoms with E-state index in [0.29, 0.717) is 16.5 Å². The molecule has 0 saturated carbocycles. The third-order valence-electron chi connectivity index (χ3n) is 4.89. The monoisotopic (exact) mass is 416 g/mol. The number of primary amides is 1. The summed E-state index contributed by atoms with van der Waals surface area (Å²) in [5, 5.41) is 8.23. The fourth-order valence-corrected chi connectivity index (χ4v) is 4.23. The number of H-pyrrole nitrogens is 1. The lowest BCUT2D eigenvalue weighted by Crippen LogP contribution is -2.14. The summed E-state index contributed by atoms with van der Waals surface area (Å²) in [5.74, 6) is -0.719. The van der Waals surface area contributed by atoms with Crippen molar-refractivity contribution in [3.8, 4) is 11.3 Å². The van der Waals surface area contributed by atoms with Crippen molar-refractivity contribution >= 4 is 50.0 Å². The average Bonchev–Trinajstić information content (AvgIpc) is 3.47. The van der Waals surface area contributed by atoms with Gasteiger partial charge in [0.15, 0.2) is 5.13 Å². The van der Waals surface area contributed by atoms with Crippen LogP contribution in [-0.2, 0) is 11.2 Å². The SMILES string of the molecule is NC(=O)c1cc(-c2csc(NC(=O)Cc3coc4ccc5ccccc5c34)n2)c[nH]1. The lowest BCUT2D eigenvalue weighted by Gasteiger charge is -2.03. The molecule has 0 unspecified atom stereocenters. The van der Waals surface area contributed by atoms with Gasteiger partial charge < -0.3 is 20.5 Å². The molecule has 0 fully saturated rings. The molecule has 30 heavy (non-hydrogen) atoms. The van der Waals surface area contributed by atoms with Crippen LogP contribution in [-0.4, -0.2) is 21.8 Å². The minimum Gasteiger partial charge on any atom is -0.464 e. The highest BCUT2D eigenvalue weighted by Gasteiger charge is 2.15. The second-order valence-corrected chi connectivity index (χ2v) is 7.71. The van der Waals surface area contributed by atoms with Gasteiger partial charge in [0.25, 0.3) is 5.91 Å². The van der Waals surface area contributed by atoms with Crippen LogP contribution in [0.15, 0.2) is 64.7 Å². The molecule has 5 rings (SSSR count). The molecule has 0 spiro atoms. The maximum atomic E-state index is 12.6. The molecule has 0 bridgehead atoms. The molecule has 0 aliphatic carbocycles. The first-order valence-corrected chi connectivity index (χ1v) is 10.1. The molecule has 2 aromatic carbocycles. The number of amides is 2. The van der Waals surface area contributed by atoms with Crippen LogP contribution in [0.5, 0.6) is 0 Å². The summed E-state index contributed by atoms with van der Waals surface area (Å²) in [4.78, 5) is 31.1. The number of furan rings is 1. The number of nitrogens with zero attached hydrogens (tertiary/aromatic N) is 1. The molecular formula is C22H16N4O3S. The normalized spacial score (nSPS) is 11.2. The topological polar surface area (TPSA) is 114 Å². The summed E-state index contributed by atoms with van der Waals surface area (Å²) < 4.78 is 5.66. The lowest BCUT2D eigenvalue weighted by atomic mass is 10.0. The van der Waals surface area contributed by atoms with E-state index in [-0.39, 0.29) is 12.3 Å². The number of nitrogens with one attached hydrogen (secondary N) is 2. The molecule has 0 aliphatic heterocycles. The zero-order valence-corrected chi connectivity index (χ0v) is 16.5. The van der Waals surface area contributed by atoms with Gasteiger partial charge in [-0.05, 0) is 22.9 Å². The second kappa shape index (κ2) is 7.16. The Bertz CT molecular complexity index is 1410. The van der Waals surface area contributed by atoms with Crippen LogP contribution in [0.1, 0.15) is 16.1 Å². The lowest BCUT2D eigenvalue weighted by molar-refractivity contribution is -0.115. The van der Waals surface area contributed by atoms with Crippen molar-refractivity contribution in [2.24, 2.45) is 5.73 Å². The Morgan fingerprint density at radius 2 is 2.07 bits per heavy atom. The van der Waals surface area contributed by atoms with Crippen LogP contribution < -0.4 is 11.1 Å². The number of hydrogen-bond acceptors (Lipinski definition) is 5. The van der Waals surface area contributed by atoms with Gasteiger partial charge in [0, 0.05) is 28.1 Å². The predicted octanol–water partition coefficient (Wildman–Crippen LogP) is 4.32.